The minimum Gasteiger partial charge on any atom is -0.457 e. The van der Waals surface area contributed by atoms with Crippen molar-refractivity contribution in [1.82, 2.24) is 0 Å². The van der Waals surface area contributed by atoms with Crippen LogP contribution in [0, 0.1) is 0 Å². The van der Waals surface area contributed by atoms with Crippen LogP contribution in [0.2, 0.25) is 0 Å². The Morgan fingerprint density at radius 1 is 1.60 bits per heavy atom. The van der Waals surface area contributed by atoms with Gasteiger partial charge in [0.15, 0.2) is 0 Å². The van der Waals surface area contributed by atoms with Crippen molar-refractivity contribution in [3.8, 4) is 0 Å². The number of rotatable bonds is 7. The molecule has 0 aromatic heterocycles. The number of esters is 1. The number of carbonyl (C=O) groups excluding carboxylic acids is 1. The van der Waals surface area contributed by atoms with Crippen molar-refractivity contribution >= 4 is 16.1 Å². The van der Waals surface area contributed by atoms with Gasteiger partial charge < -0.3 is 9.47 Å². The van der Waals surface area contributed by atoms with Crippen LogP contribution < -0.4 is 0 Å². The van der Waals surface area contributed by atoms with Gasteiger partial charge in [0.05, 0.1) is 19.0 Å². The Morgan fingerprint density at radius 2 is 2.20 bits per heavy atom. The average Bonchev–Trinajstić information content (AvgIpc) is 2.11. The van der Waals surface area contributed by atoms with Crippen LogP contribution in [0.4, 0.5) is 0 Å². The summed E-state index contributed by atoms with van der Waals surface area (Å²) in [5, 5.41) is 0. The molecule has 0 aromatic carbocycles. The third kappa shape index (κ3) is 9.39. The Bertz CT molecular complexity index is 307. The van der Waals surface area contributed by atoms with E-state index in [1.54, 1.807) is 6.92 Å². The third-order valence-electron chi connectivity index (χ3n) is 1.32. The molecule has 0 aliphatic rings. The van der Waals surface area contributed by atoms with Crippen molar-refractivity contribution in [2.45, 2.75) is 13.0 Å². The zero-order valence-electron chi connectivity index (χ0n) is 8.38. The summed E-state index contributed by atoms with van der Waals surface area (Å²) in [5.41, 5.74) is 0. The van der Waals surface area contributed by atoms with Crippen LogP contribution in [-0.2, 0) is 24.4 Å². The second kappa shape index (κ2) is 6.54. The summed E-state index contributed by atoms with van der Waals surface area (Å²) < 4.78 is 38.5. The second-order valence-corrected chi connectivity index (χ2v) is 4.38. The third-order valence-corrected chi connectivity index (χ3v) is 2.00. The van der Waals surface area contributed by atoms with Gasteiger partial charge in [0.2, 0.25) is 0 Å². The predicted molar refractivity (Wildman–Crippen MR) is 53.0 cm³/mol. The molecule has 7 heteroatoms. The summed E-state index contributed by atoms with van der Waals surface area (Å²) in [6.45, 7) is 4.73. The van der Waals surface area contributed by atoms with Crippen LogP contribution in [0.15, 0.2) is 12.7 Å². The molecule has 0 radical (unpaired) electrons. The summed E-state index contributed by atoms with van der Waals surface area (Å²) in [7, 11) is -4.00. The van der Waals surface area contributed by atoms with Gasteiger partial charge in [-0.3, -0.25) is 4.55 Å². The topological polar surface area (TPSA) is 89.9 Å². The van der Waals surface area contributed by atoms with E-state index in [1.165, 1.54) is 0 Å². The summed E-state index contributed by atoms with van der Waals surface area (Å²) in [6.07, 6.45) is 0.534. The van der Waals surface area contributed by atoms with E-state index in [4.69, 9.17) is 14.0 Å². The molecule has 0 heterocycles. The maximum Gasteiger partial charge on any atom is 0.330 e. The van der Waals surface area contributed by atoms with Crippen molar-refractivity contribution in [3.63, 3.8) is 0 Å². The van der Waals surface area contributed by atoms with Gasteiger partial charge in [0.1, 0.15) is 6.10 Å². The van der Waals surface area contributed by atoms with E-state index in [0.29, 0.717) is 0 Å². The van der Waals surface area contributed by atoms with Gasteiger partial charge in [0.25, 0.3) is 10.1 Å². The molecule has 0 bridgehead atoms. The average molecular weight is 238 g/mol. The quantitative estimate of drug-likeness (QED) is 0.291. The van der Waals surface area contributed by atoms with Crippen molar-refractivity contribution in [2.24, 2.45) is 0 Å². The second-order valence-electron chi connectivity index (χ2n) is 2.81. The van der Waals surface area contributed by atoms with Gasteiger partial charge in [-0.15, -0.1) is 0 Å². The Kier molecular flexibility index (Phi) is 6.14. The highest BCUT2D eigenvalue weighted by Crippen LogP contribution is 1.94. The monoisotopic (exact) mass is 238 g/mol. The fourth-order valence-corrected chi connectivity index (χ4v) is 1.02. The standard InChI is InChI=1S/C8H14O6S/c1-3-8(9)14-7(2)6-13-4-5-15(10,11)12/h3,7H,1,4-6H2,2H3,(H,10,11,12). The molecule has 0 aliphatic carbocycles. The van der Waals surface area contributed by atoms with Gasteiger partial charge >= 0.3 is 5.97 Å². The molecule has 0 spiro atoms. The predicted octanol–water partition coefficient (Wildman–Crippen LogP) is 0.00850. The van der Waals surface area contributed by atoms with Crippen molar-refractivity contribution in [3.05, 3.63) is 12.7 Å². The van der Waals surface area contributed by atoms with E-state index < -0.39 is 27.9 Å². The molecular weight excluding hydrogens is 224 g/mol. The van der Waals surface area contributed by atoms with Crippen LogP contribution in [-0.4, -0.2) is 44.0 Å². The van der Waals surface area contributed by atoms with E-state index >= 15 is 0 Å². The highest BCUT2D eigenvalue weighted by atomic mass is 32.2. The van der Waals surface area contributed by atoms with Crippen molar-refractivity contribution in [2.75, 3.05) is 19.0 Å². The molecule has 0 rings (SSSR count). The van der Waals surface area contributed by atoms with Gasteiger partial charge in [-0.25, -0.2) is 4.79 Å². The molecule has 0 aromatic rings. The van der Waals surface area contributed by atoms with E-state index in [9.17, 15) is 13.2 Å². The zero-order chi connectivity index (χ0) is 11.9. The Morgan fingerprint density at radius 3 is 2.67 bits per heavy atom. The number of carbonyl (C=O) groups is 1. The molecular formula is C8H14O6S. The summed E-state index contributed by atoms with van der Waals surface area (Å²) in [6, 6.07) is 0. The first-order valence-corrected chi connectivity index (χ1v) is 5.82. The Labute approximate surface area is 88.6 Å². The minimum absolute atomic E-state index is 0.0646. The Hall–Kier alpha value is -0.920. The minimum atomic E-state index is -4.00. The molecule has 0 aliphatic heterocycles. The number of hydrogen-bond acceptors (Lipinski definition) is 5. The van der Waals surface area contributed by atoms with E-state index in [0.717, 1.165) is 6.08 Å². The molecule has 0 amide bonds. The highest BCUT2D eigenvalue weighted by molar-refractivity contribution is 7.85. The van der Waals surface area contributed by atoms with Crippen LogP contribution in [0.1, 0.15) is 6.92 Å². The first-order valence-electron chi connectivity index (χ1n) is 4.21. The van der Waals surface area contributed by atoms with Crippen LogP contribution in [0.5, 0.6) is 0 Å². The molecule has 1 N–H and O–H groups in total. The van der Waals surface area contributed by atoms with Crippen molar-refractivity contribution in [1.29, 1.82) is 0 Å². The molecule has 1 unspecified atom stereocenters. The van der Waals surface area contributed by atoms with E-state index in [2.05, 4.69) is 6.58 Å². The molecule has 1 atom stereocenters. The van der Waals surface area contributed by atoms with Crippen LogP contribution >= 0.6 is 0 Å². The molecule has 6 nitrogen and oxygen atoms in total. The zero-order valence-corrected chi connectivity index (χ0v) is 9.20. The van der Waals surface area contributed by atoms with Crippen molar-refractivity contribution < 1.29 is 27.2 Å². The van der Waals surface area contributed by atoms with Gasteiger partial charge in [-0.1, -0.05) is 6.58 Å². The van der Waals surface area contributed by atoms with Gasteiger partial charge in [0, 0.05) is 6.08 Å². The lowest BCUT2D eigenvalue weighted by Gasteiger charge is -2.11. The number of ether oxygens (including phenoxy) is 2. The lowest BCUT2D eigenvalue weighted by Crippen LogP contribution is -2.21. The molecule has 88 valence electrons. The van der Waals surface area contributed by atoms with Gasteiger partial charge in [-0.05, 0) is 6.92 Å². The fraction of sp³-hybridized carbons (Fsp3) is 0.625. The lowest BCUT2D eigenvalue weighted by atomic mass is 10.4. The number of hydrogen-bond donors (Lipinski definition) is 1. The maximum absolute atomic E-state index is 10.7. The molecule has 0 fully saturated rings. The summed E-state index contributed by atoms with van der Waals surface area (Å²) >= 11 is 0. The van der Waals surface area contributed by atoms with Crippen LogP contribution in [0.3, 0.4) is 0 Å². The van der Waals surface area contributed by atoms with Gasteiger partial charge in [-0.2, -0.15) is 8.42 Å². The smallest absolute Gasteiger partial charge is 0.330 e. The molecule has 0 saturated carbocycles. The first-order chi connectivity index (χ1) is 6.85. The molecule has 0 saturated heterocycles. The lowest BCUT2D eigenvalue weighted by molar-refractivity contribution is -0.144. The summed E-state index contributed by atoms with van der Waals surface area (Å²) in [5.74, 6) is -1.05. The van der Waals surface area contributed by atoms with E-state index in [-0.39, 0.29) is 13.2 Å². The van der Waals surface area contributed by atoms with E-state index in [1.807, 2.05) is 0 Å². The highest BCUT2D eigenvalue weighted by Gasteiger charge is 2.08. The Balaban J connectivity index is 3.60. The summed E-state index contributed by atoms with van der Waals surface area (Å²) in [4.78, 5) is 10.7. The SMILES string of the molecule is C=CC(=O)OC(C)COCCS(=O)(=O)O. The normalized spacial score (nSPS) is 13.2. The van der Waals surface area contributed by atoms with Crippen LogP contribution in [0.25, 0.3) is 0 Å². The largest absolute Gasteiger partial charge is 0.457 e. The molecule has 15 heavy (non-hydrogen) atoms. The fourth-order valence-electron chi connectivity index (χ4n) is 0.694. The maximum atomic E-state index is 10.7. The first kappa shape index (κ1) is 14.1.